The van der Waals surface area contributed by atoms with Gasteiger partial charge >= 0.3 is 0 Å². The molecule has 2 heterocycles. The number of furan rings is 1. The molecule has 0 atom stereocenters. The van der Waals surface area contributed by atoms with Gasteiger partial charge in [-0.1, -0.05) is 118 Å². The highest BCUT2D eigenvalue weighted by atomic mass is 19.1. The van der Waals surface area contributed by atoms with Crippen LogP contribution in [0.1, 0.15) is 26.3 Å². The lowest BCUT2D eigenvalue weighted by Gasteiger charge is -2.23. The zero-order chi connectivity index (χ0) is 33.3. The van der Waals surface area contributed by atoms with Crippen LogP contribution in [0.2, 0.25) is 0 Å². The monoisotopic (exact) mass is 636 g/mol. The molecule has 0 unspecified atom stereocenters. The van der Waals surface area contributed by atoms with E-state index in [0.717, 1.165) is 77.7 Å². The molecule has 9 aromatic rings. The van der Waals surface area contributed by atoms with Crippen molar-refractivity contribution in [1.82, 2.24) is 9.55 Å². The molecule has 2 aromatic heterocycles. The quantitative estimate of drug-likeness (QED) is 0.192. The third-order valence-corrected chi connectivity index (χ3v) is 9.67. The van der Waals surface area contributed by atoms with Crippen LogP contribution in [0.5, 0.6) is 0 Å². The van der Waals surface area contributed by atoms with Crippen LogP contribution in [0.15, 0.2) is 150 Å². The van der Waals surface area contributed by atoms with Gasteiger partial charge in [-0.2, -0.15) is 0 Å². The van der Waals surface area contributed by atoms with Crippen LogP contribution in [0.4, 0.5) is 4.39 Å². The van der Waals surface area contributed by atoms with Crippen molar-refractivity contribution in [2.45, 2.75) is 26.2 Å². The maximum Gasteiger partial charge on any atom is 0.149 e. The summed E-state index contributed by atoms with van der Waals surface area (Å²) in [4.78, 5) is 5.26. The van der Waals surface area contributed by atoms with Crippen LogP contribution in [0, 0.1) is 5.82 Å². The lowest BCUT2D eigenvalue weighted by Crippen LogP contribution is -2.12. The molecule has 0 fully saturated rings. The van der Waals surface area contributed by atoms with Crippen molar-refractivity contribution < 1.29 is 8.81 Å². The van der Waals surface area contributed by atoms with E-state index in [0.29, 0.717) is 5.39 Å². The third-order valence-electron chi connectivity index (χ3n) is 9.67. The van der Waals surface area contributed by atoms with Crippen LogP contribution in [0.25, 0.3) is 83.1 Å². The summed E-state index contributed by atoms with van der Waals surface area (Å²) in [5.74, 6) is 0.594. The van der Waals surface area contributed by atoms with Gasteiger partial charge in [0.2, 0.25) is 0 Å². The molecule has 0 saturated heterocycles. The number of nitrogens with zero attached hydrogens (tertiary/aromatic N) is 2. The fourth-order valence-corrected chi connectivity index (χ4v) is 7.15. The molecule has 0 amide bonds. The van der Waals surface area contributed by atoms with Crippen molar-refractivity contribution >= 4 is 43.7 Å². The highest BCUT2D eigenvalue weighted by molar-refractivity contribution is 6.11. The maximum absolute atomic E-state index is 14.7. The van der Waals surface area contributed by atoms with Gasteiger partial charge in [0, 0.05) is 21.7 Å². The molecule has 49 heavy (non-hydrogen) atoms. The molecular formula is C45H33FN2O. The van der Waals surface area contributed by atoms with Gasteiger partial charge < -0.3 is 4.42 Å². The standard InChI is InChI=1S/C45H33FN2O/c1-45(2,3)30-21-25-40(37(27-30)28-12-5-4-6-13-28)48-41-19-10-9-18-39(41)47-44(48)36-17-11-16-35-34-22-20-29(26-42(34)49-43(35)36)31-23-24-38(46)33-15-8-7-14-32(31)33/h4-27H,1-3H3. The highest BCUT2D eigenvalue weighted by Gasteiger charge is 2.23. The number of rotatable bonds is 4. The van der Waals surface area contributed by atoms with Gasteiger partial charge in [-0.3, -0.25) is 4.57 Å². The van der Waals surface area contributed by atoms with E-state index in [-0.39, 0.29) is 11.2 Å². The predicted molar refractivity (Wildman–Crippen MR) is 201 cm³/mol. The van der Waals surface area contributed by atoms with Gasteiger partial charge in [0.15, 0.2) is 0 Å². The Bertz CT molecular complexity index is 2710. The summed E-state index contributed by atoms with van der Waals surface area (Å²) < 4.78 is 23.7. The maximum atomic E-state index is 14.7. The summed E-state index contributed by atoms with van der Waals surface area (Å²) in [7, 11) is 0. The topological polar surface area (TPSA) is 31.0 Å². The van der Waals surface area contributed by atoms with Gasteiger partial charge in [0.25, 0.3) is 0 Å². The Hall–Kier alpha value is -6.00. The molecule has 0 bridgehead atoms. The van der Waals surface area contributed by atoms with E-state index in [1.807, 2.05) is 36.4 Å². The van der Waals surface area contributed by atoms with Gasteiger partial charge in [-0.05, 0) is 81.6 Å². The second-order valence-corrected chi connectivity index (χ2v) is 13.7. The van der Waals surface area contributed by atoms with Crippen LogP contribution < -0.4 is 0 Å². The number of halogens is 1. The Balaban J connectivity index is 1.28. The first-order valence-electron chi connectivity index (χ1n) is 16.7. The summed E-state index contributed by atoms with van der Waals surface area (Å²) in [5, 5.41) is 3.53. The van der Waals surface area contributed by atoms with E-state index in [4.69, 9.17) is 9.40 Å². The minimum Gasteiger partial charge on any atom is -0.455 e. The zero-order valence-electron chi connectivity index (χ0n) is 27.5. The number of hydrogen-bond donors (Lipinski definition) is 0. The molecule has 236 valence electrons. The molecule has 0 spiro atoms. The van der Waals surface area contributed by atoms with Crippen LogP contribution in [0.3, 0.4) is 0 Å². The van der Waals surface area contributed by atoms with E-state index >= 15 is 0 Å². The Kier molecular flexibility index (Phi) is 6.57. The van der Waals surface area contributed by atoms with Crippen LogP contribution >= 0.6 is 0 Å². The summed E-state index contributed by atoms with van der Waals surface area (Å²) >= 11 is 0. The summed E-state index contributed by atoms with van der Waals surface area (Å²) in [6.45, 7) is 6.75. The van der Waals surface area contributed by atoms with E-state index in [2.05, 4.69) is 128 Å². The summed E-state index contributed by atoms with van der Waals surface area (Å²) in [6.07, 6.45) is 0. The third kappa shape index (κ3) is 4.75. The number of hydrogen-bond acceptors (Lipinski definition) is 2. The summed E-state index contributed by atoms with van der Waals surface area (Å²) in [6, 6.07) is 49.3. The first kappa shape index (κ1) is 29.2. The van der Waals surface area contributed by atoms with E-state index in [1.165, 1.54) is 5.56 Å². The normalized spacial score (nSPS) is 12.1. The Labute approximate surface area is 283 Å². The fraction of sp³-hybridized carbons (Fsp3) is 0.0889. The molecule has 3 nitrogen and oxygen atoms in total. The molecule has 0 aliphatic rings. The van der Waals surface area contributed by atoms with Crippen molar-refractivity contribution in [2.24, 2.45) is 0 Å². The SMILES string of the molecule is CC(C)(C)c1ccc(-n2c(-c3cccc4c3oc3cc(-c5ccc(F)c6ccccc56)ccc34)nc3ccccc32)c(-c2ccccc2)c1. The molecule has 0 aliphatic carbocycles. The van der Waals surface area contributed by atoms with Gasteiger partial charge in [0.1, 0.15) is 22.8 Å². The fourth-order valence-electron chi connectivity index (χ4n) is 7.15. The lowest BCUT2D eigenvalue weighted by molar-refractivity contribution is 0.590. The average molecular weight is 637 g/mol. The number of fused-ring (bicyclic) bond motifs is 5. The second-order valence-electron chi connectivity index (χ2n) is 13.7. The number of benzene rings is 7. The molecule has 0 saturated carbocycles. The van der Waals surface area contributed by atoms with Crippen LogP contribution in [-0.4, -0.2) is 9.55 Å². The smallest absolute Gasteiger partial charge is 0.149 e. The molecule has 4 heteroatoms. The molecule has 0 N–H and O–H groups in total. The Morgan fingerprint density at radius 1 is 0.571 bits per heavy atom. The van der Waals surface area contributed by atoms with Gasteiger partial charge in [-0.25, -0.2) is 9.37 Å². The van der Waals surface area contributed by atoms with Crippen molar-refractivity contribution in [2.75, 3.05) is 0 Å². The molecule has 0 aliphatic heterocycles. The molecule has 0 radical (unpaired) electrons. The number of aromatic nitrogens is 2. The molecule has 9 rings (SSSR count). The zero-order valence-corrected chi connectivity index (χ0v) is 27.5. The highest BCUT2D eigenvalue weighted by Crippen LogP contribution is 2.42. The Morgan fingerprint density at radius 2 is 1.33 bits per heavy atom. The first-order valence-corrected chi connectivity index (χ1v) is 16.7. The Morgan fingerprint density at radius 3 is 2.16 bits per heavy atom. The molecule has 7 aromatic carbocycles. The van der Waals surface area contributed by atoms with Gasteiger partial charge in [0.05, 0.1) is 22.3 Å². The van der Waals surface area contributed by atoms with Crippen molar-refractivity contribution in [3.63, 3.8) is 0 Å². The van der Waals surface area contributed by atoms with E-state index in [9.17, 15) is 4.39 Å². The summed E-state index contributed by atoms with van der Waals surface area (Å²) in [5.41, 5.74) is 11.0. The van der Waals surface area contributed by atoms with Gasteiger partial charge in [-0.15, -0.1) is 0 Å². The van der Waals surface area contributed by atoms with Crippen molar-refractivity contribution in [3.8, 4) is 39.3 Å². The lowest BCUT2D eigenvalue weighted by atomic mass is 9.85. The van der Waals surface area contributed by atoms with Crippen molar-refractivity contribution in [3.05, 3.63) is 157 Å². The number of para-hydroxylation sites is 3. The minimum atomic E-state index is -0.222. The largest absolute Gasteiger partial charge is 0.455 e. The molecular weight excluding hydrogens is 604 g/mol. The second kappa shape index (κ2) is 11.0. The predicted octanol–water partition coefficient (Wildman–Crippen LogP) is 12.5. The van der Waals surface area contributed by atoms with Crippen molar-refractivity contribution in [1.29, 1.82) is 0 Å². The first-order chi connectivity index (χ1) is 23.8. The van der Waals surface area contributed by atoms with E-state index in [1.54, 1.807) is 6.07 Å². The minimum absolute atomic E-state index is 0.0131. The van der Waals surface area contributed by atoms with E-state index < -0.39 is 0 Å². The average Bonchev–Trinajstić information content (AvgIpc) is 3.70. The van der Waals surface area contributed by atoms with Crippen LogP contribution in [-0.2, 0) is 5.41 Å². The number of imidazole rings is 1.